The van der Waals surface area contributed by atoms with E-state index in [0.717, 1.165) is 11.3 Å². The zero-order valence-electron chi connectivity index (χ0n) is 11.8. The van der Waals surface area contributed by atoms with Crippen LogP contribution in [0.25, 0.3) is 0 Å². The Balaban J connectivity index is 2.13. The Labute approximate surface area is 119 Å². The average Bonchev–Trinajstić information content (AvgIpc) is 2.42. The van der Waals surface area contributed by atoms with Crippen LogP contribution in [0.5, 0.6) is 0 Å². The number of hydrogen-bond acceptors (Lipinski definition) is 4. The van der Waals surface area contributed by atoms with Gasteiger partial charge in [-0.05, 0) is 37.5 Å². The third-order valence-electron chi connectivity index (χ3n) is 3.72. The number of carbonyl (C=O) groups excluding carboxylic acids is 1. The first-order chi connectivity index (χ1) is 9.43. The van der Waals surface area contributed by atoms with Gasteiger partial charge in [-0.3, -0.25) is 4.79 Å². The molecule has 0 unspecified atom stereocenters. The maximum Gasteiger partial charge on any atom is 0.251 e. The summed E-state index contributed by atoms with van der Waals surface area (Å²) in [5, 5.41) is 5.98. The van der Waals surface area contributed by atoms with Crippen LogP contribution in [0.3, 0.4) is 0 Å². The Hall–Kier alpha value is -1.56. The Morgan fingerprint density at radius 1 is 1.25 bits per heavy atom. The van der Waals surface area contributed by atoms with Crippen LogP contribution in [0.4, 0.5) is 5.69 Å². The van der Waals surface area contributed by atoms with Gasteiger partial charge < -0.3 is 10.6 Å². The molecule has 1 saturated heterocycles. The molecule has 0 bridgehead atoms. The highest BCUT2D eigenvalue weighted by Gasteiger charge is 2.24. The maximum atomic E-state index is 11.7. The number of amides is 1. The molecule has 0 aliphatic carbocycles. The van der Waals surface area contributed by atoms with E-state index >= 15 is 0 Å². The molecule has 2 N–H and O–H groups in total. The van der Waals surface area contributed by atoms with Crippen molar-refractivity contribution in [2.75, 3.05) is 23.9 Å². The average molecular weight is 296 g/mol. The summed E-state index contributed by atoms with van der Waals surface area (Å²) in [5.41, 5.74) is 2.43. The van der Waals surface area contributed by atoms with E-state index in [0.29, 0.717) is 18.4 Å². The first kappa shape index (κ1) is 14.8. The summed E-state index contributed by atoms with van der Waals surface area (Å²) in [6.07, 6.45) is 1.23. The second kappa shape index (κ2) is 5.83. The highest BCUT2D eigenvalue weighted by atomic mass is 32.2. The number of rotatable bonds is 3. The fourth-order valence-corrected chi connectivity index (χ4v) is 3.92. The van der Waals surface area contributed by atoms with Crippen LogP contribution in [0, 0.1) is 6.92 Å². The minimum atomic E-state index is -2.85. The zero-order valence-corrected chi connectivity index (χ0v) is 12.6. The monoisotopic (exact) mass is 296 g/mol. The van der Waals surface area contributed by atoms with Crippen molar-refractivity contribution >= 4 is 21.4 Å². The Bertz CT molecular complexity index is 597. The molecule has 0 atom stereocenters. The molecule has 1 heterocycles. The normalized spacial score (nSPS) is 18.5. The van der Waals surface area contributed by atoms with Crippen LogP contribution in [0.2, 0.25) is 0 Å². The van der Waals surface area contributed by atoms with E-state index in [1.807, 2.05) is 19.1 Å². The van der Waals surface area contributed by atoms with E-state index in [1.165, 1.54) is 0 Å². The van der Waals surface area contributed by atoms with Crippen LogP contribution in [-0.4, -0.2) is 38.9 Å². The Morgan fingerprint density at radius 3 is 2.50 bits per heavy atom. The topological polar surface area (TPSA) is 75.3 Å². The molecule has 2 rings (SSSR count). The van der Waals surface area contributed by atoms with Crippen molar-refractivity contribution in [1.82, 2.24) is 5.32 Å². The minimum absolute atomic E-state index is 0.114. The van der Waals surface area contributed by atoms with E-state index in [-0.39, 0.29) is 23.5 Å². The van der Waals surface area contributed by atoms with Crippen molar-refractivity contribution in [3.63, 3.8) is 0 Å². The van der Waals surface area contributed by atoms with Crippen molar-refractivity contribution in [3.8, 4) is 0 Å². The van der Waals surface area contributed by atoms with Crippen LogP contribution < -0.4 is 10.6 Å². The van der Waals surface area contributed by atoms with Gasteiger partial charge in [-0.2, -0.15) is 0 Å². The molecule has 1 amide bonds. The standard InChI is InChI=1S/C14H20N2O3S/c1-10-12(14(17)15-2)4-3-5-13(10)16-11-6-8-20(18,19)9-7-11/h3-5,11,16H,6-9H2,1-2H3,(H,15,17). The van der Waals surface area contributed by atoms with Gasteiger partial charge in [0, 0.05) is 24.3 Å². The lowest BCUT2D eigenvalue weighted by molar-refractivity contribution is 0.0962. The van der Waals surface area contributed by atoms with Gasteiger partial charge in [-0.25, -0.2) is 8.42 Å². The fraction of sp³-hybridized carbons (Fsp3) is 0.500. The predicted octanol–water partition coefficient (Wildman–Crippen LogP) is 1.34. The molecule has 110 valence electrons. The SMILES string of the molecule is CNC(=O)c1cccc(NC2CCS(=O)(=O)CC2)c1C. The lowest BCUT2D eigenvalue weighted by Crippen LogP contribution is -2.32. The van der Waals surface area contributed by atoms with Gasteiger partial charge in [0.25, 0.3) is 5.91 Å². The number of sulfone groups is 1. The molecule has 1 aliphatic rings. The van der Waals surface area contributed by atoms with Crippen LogP contribution in [-0.2, 0) is 9.84 Å². The number of hydrogen-bond donors (Lipinski definition) is 2. The molecule has 1 fully saturated rings. The number of benzene rings is 1. The summed E-state index contributed by atoms with van der Waals surface area (Å²) < 4.78 is 22.8. The van der Waals surface area contributed by atoms with Crippen molar-refractivity contribution in [3.05, 3.63) is 29.3 Å². The summed E-state index contributed by atoms with van der Waals surface area (Å²) in [5.74, 6) is 0.356. The summed E-state index contributed by atoms with van der Waals surface area (Å²) in [6.45, 7) is 1.90. The van der Waals surface area contributed by atoms with Gasteiger partial charge in [0.15, 0.2) is 0 Å². The van der Waals surface area contributed by atoms with Gasteiger partial charge in [-0.1, -0.05) is 6.07 Å². The molecule has 0 saturated carbocycles. The molecule has 1 aliphatic heterocycles. The third kappa shape index (κ3) is 3.30. The summed E-state index contributed by atoms with van der Waals surface area (Å²) in [7, 11) is -1.24. The Kier molecular flexibility index (Phi) is 4.32. The van der Waals surface area contributed by atoms with Gasteiger partial charge in [-0.15, -0.1) is 0 Å². The molecule has 0 radical (unpaired) electrons. The molecule has 5 nitrogen and oxygen atoms in total. The van der Waals surface area contributed by atoms with Gasteiger partial charge in [0.1, 0.15) is 9.84 Å². The van der Waals surface area contributed by atoms with E-state index in [2.05, 4.69) is 10.6 Å². The maximum absolute atomic E-state index is 11.7. The second-order valence-electron chi connectivity index (χ2n) is 5.13. The van der Waals surface area contributed by atoms with Gasteiger partial charge >= 0.3 is 0 Å². The summed E-state index contributed by atoms with van der Waals surface area (Å²) >= 11 is 0. The smallest absolute Gasteiger partial charge is 0.251 e. The van der Waals surface area contributed by atoms with E-state index in [9.17, 15) is 13.2 Å². The van der Waals surface area contributed by atoms with Crippen LogP contribution in [0.15, 0.2) is 18.2 Å². The van der Waals surface area contributed by atoms with E-state index in [1.54, 1.807) is 13.1 Å². The molecular weight excluding hydrogens is 276 g/mol. The number of nitrogens with one attached hydrogen (secondary N) is 2. The highest BCUT2D eigenvalue weighted by Crippen LogP contribution is 2.23. The lowest BCUT2D eigenvalue weighted by Gasteiger charge is -2.25. The van der Waals surface area contributed by atoms with Crippen LogP contribution >= 0.6 is 0 Å². The van der Waals surface area contributed by atoms with E-state index < -0.39 is 9.84 Å². The number of anilines is 1. The van der Waals surface area contributed by atoms with Gasteiger partial charge in [0.2, 0.25) is 0 Å². The predicted molar refractivity (Wildman–Crippen MR) is 79.9 cm³/mol. The van der Waals surface area contributed by atoms with Crippen molar-refractivity contribution < 1.29 is 13.2 Å². The minimum Gasteiger partial charge on any atom is -0.382 e. The molecule has 6 heteroatoms. The third-order valence-corrected chi connectivity index (χ3v) is 5.44. The Morgan fingerprint density at radius 2 is 1.90 bits per heavy atom. The second-order valence-corrected chi connectivity index (χ2v) is 7.43. The van der Waals surface area contributed by atoms with Crippen molar-refractivity contribution in [1.29, 1.82) is 0 Å². The zero-order chi connectivity index (χ0) is 14.8. The molecular formula is C14H20N2O3S. The number of carbonyl (C=O) groups is 1. The lowest BCUT2D eigenvalue weighted by atomic mass is 10.0. The largest absolute Gasteiger partial charge is 0.382 e. The summed E-state index contributed by atoms with van der Waals surface area (Å²) in [4.78, 5) is 11.7. The molecule has 1 aromatic carbocycles. The molecule has 0 spiro atoms. The van der Waals surface area contributed by atoms with Gasteiger partial charge in [0.05, 0.1) is 11.5 Å². The molecule has 1 aromatic rings. The fourth-order valence-electron chi connectivity index (χ4n) is 2.43. The first-order valence-electron chi connectivity index (χ1n) is 6.71. The highest BCUT2D eigenvalue weighted by molar-refractivity contribution is 7.91. The molecule has 0 aromatic heterocycles. The quantitative estimate of drug-likeness (QED) is 0.882. The van der Waals surface area contributed by atoms with Crippen LogP contribution in [0.1, 0.15) is 28.8 Å². The molecule has 20 heavy (non-hydrogen) atoms. The first-order valence-corrected chi connectivity index (χ1v) is 8.54. The van der Waals surface area contributed by atoms with Crippen molar-refractivity contribution in [2.45, 2.75) is 25.8 Å². The van der Waals surface area contributed by atoms with Crippen molar-refractivity contribution in [2.24, 2.45) is 0 Å². The summed E-state index contributed by atoms with van der Waals surface area (Å²) in [6, 6.07) is 5.69. The van der Waals surface area contributed by atoms with E-state index in [4.69, 9.17) is 0 Å².